The van der Waals surface area contributed by atoms with Crippen LogP contribution in [0.15, 0.2) is 17.2 Å². The van der Waals surface area contributed by atoms with Gasteiger partial charge in [-0.2, -0.15) is 11.8 Å². The number of thioether (sulfide) groups is 1. The van der Waals surface area contributed by atoms with Gasteiger partial charge in [0.2, 0.25) is 0 Å². The van der Waals surface area contributed by atoms with Gasteiger partial charge in [-0.1, -0.05) is 5.11 Å². The normalized spacial score (nSPS) is 15.5. The summed E-state index contributed by atoms with van der Waals surface area (Å²) in [6, 6.07) is 2.11. The topological polar surface area (TPSA) is 52.0 Å². The second-order valence-electron chi connectivity index (χ2n) is 3.55. The summed E-state index contributed by atoms with van der Waals surface area (Å²) in [7, 11) is 0. The molecule has 1 aliphatic rings. The average Bonchev–Trinajstić information content (AvgIpc) is 2.30. The molecule has 2 rings (SSSR count). The predicted molar refractivity (Wildman–Crippen MR) is 64.7 cm³/mol. The molecule has 0 spiro atoms. The molecule has 0 saturated carbocycles. The zero-order chi connectivity index (χ0) is 12.3. The largest absolute Gasteiger partial charge is 0.365 e. The lowest BCUT2D eigenvalue weighted by molar-refractivity contribution is 0.574. The third-order valence-electron chi connectivity index (χ3n) is 2.49. The van der Waals surface area contributed by atoms with Crippen molar-refractivity contribution in [2.75, 3.05) is 29.5 Å². The van der Waals surface area contributed by atoms with Gasteiger partial charge in [-0.3, -0.25) is 0 Å². The number of halogens is 2. The molecule has 17 heavy (non-hydrogen) atoms. The van der Waals surface area contributed by atoms with Crippen LogP contribution in [0.25, 0.3) is 10.4 Å². The Morgan fingerprint density at radius 3 is 2.35 bits per heavy atom. The van der Waals surface area contributed by atoms with Crippen molar-refractivity contribution in [2.45, 2.75) is 0 Å². The second-order valence-corrected chi connectivity index (χ2v) is 4.77. The van der Waals surface area contributed by atoms with E-state index in [1.807, 2.05) is 0 Å². The fourth-order valence-corrected chi connectivity index (χ4v) is 2.65. The Kier molecular flexibility index (Phi) is 3.71. The number of hydrogen-bond acceptors (Lipinski definition) is 3. The van der Waals surface area contributed by atoms with Gasteiger partial charge < -0.3 is 4.90 Å². The minimum absolute atomic E-state index is 0.0258. The van der Waals surface area contributed by atoms with E-state index in [-0.39, 0.29) is 11.4 Å². The molecule has 1 aromatic rings. The Morgan fingerprint density at radius 2 is 1.82 bits per heavy atom. The highest BCUT2D eigenvalue weighted by molar-refractivity contribution is 7.99. The fraction of sp³-hybridized carbons (Fsp3) is 0.400. The van der Waals surface area contributed by atoms with E-state index in [2.05, 4.69) is 10.0 Å². The lowest BCUT2D eigenvalue weighted by Crippen LogP contribution is -2.33. The maximum absolute atomic E-state index is 13.7. The summed E-state index contributed by atoms with van der Waals surface area (Å²) in [5, 5.41) is 3.19. The Balaban J connectivity index is 2.36. The molecule has 0 radical (unpaired) electrons. The minimum Gasteiger partial charge on any atom is -0.365 e. The Bertz CT molecular complexity index is 444. The summed E-state index contributed by atoms with van der Waals surface area (Å²) in [6.07, 6.45) is 0. The van der Waals surface area contributed by atoms with E-state index in [1.165, 1.54) is 0 Å². The zero-order valence-electron chi connectivity index (χ0n) is 8.94. The van der Waals surface area contributed by atoms with Crippen LogP contribution in [0.2, 0.25) is 0 Å². The summed E-state index contributed by atoms with van der Waals surface area (Å²) < 4.78 is 27.5. The van der Waals surface area contributed by atoms with Gasteiger partial charge in [0.25, 0.3) is 0 Å². The van der Waals surface area contributed by atoms with E-state index in [0.29, 0.717) is 13.1 Å². The van der Waals surface area contributed by atoms with Crippen LogP contribution in [0, 0.1) is 11.6 Å². The molecule has 7 heteroatoms. The smallest absolute Gasteiger partial charge is 0.149 e. The number of rotatable bonds is 2. The molecule has 1 aliphatic heterocycles. The van der Waals surface area contributed by atoms with Crippen molar-refractivity contribution in [3.05, 3.63) is 34.2 Å². The highest BCUT2D eigenvalue weighted by Gasteiger charge is 2.19. The fourth-order valence-electron chi connectivity index (χ4n) is 1.75. The van der Waals surface area contributed by atoms with Crippen LogP contribution in [0.3, 0.4) is 0 Å². The molecule has 0 atom stereocenters. The molecule has 1 fully saturated rings. The molecule has 0 bridgehead atoms. The molecule has 0 N–H and O–H groups in total. The van der Waals surface area contributed by atoms with Crippen molar-refractivity contribution >= 4 is 23.1 Å². The van der Waals surface area contributed by atoms with Crippen LogP contribution in [-0.4, -0.2) is 24.6 Å². The molecular weight excluding hydrogens is 246 g/mol. The molecule has 0 unspecified atom stereocenters. The van der Waals surface area contributed by atoms with E-state index in [9.17, 15) is 8.78 Å². The van der Waals surface area contributed by atoms with Gasteiger partial charge in [-0.25, -0.2) is 8.78 Å². The van der Waals surface area contributed by atoms with Gasteiger partial charge in [-0.15, -0.1) is 0 Å². The highest BCUT2D eigenvalue weighted by Crippen LogP contribution is 2.30. The summed E-state index contributed by atoms with van der Waals surface area (Å²) in [6.45, 7) is 1.25. The first-order valence-corrected chi connectivity index (χ1v) is 6.24. The maximum Gasteiger partial charge on any atom is 0.149 e. The summed E-state index contributed by atoms with van der Waals surface area (Å²) in [5.41, 5.74) is 8.15. The van der Waals surface area contributed by atoms with Crippen LogP contribution < -0.4 is 4.90 Å². The van der Waals surface area contributed by atoms with Crippen LogP contribution >= 0.6 is 11.8 Å². The van der Waals surface area contributed by atoms with Crippen LogP contribution in [0.5, 0.6) is 0 Å². The van der Waals surface area contributed by atoms with Gasteiger partial charge in [0.05, 0.1) is 0 Å². The van der Waals surface area contributed by atoms with E-state index in [1.54, 1.807) is 16.7 Å². The number of benzene rings is 1. The standard InChI is InChI=1S/C10H10F2N4S/c11-8-5-7(14-15-13)6-9(12)10(8)16-1-3-17-4-2-16/h5-6H,1-4H2. The number of anilines is 1. The van der Waals surface area contributed by atoms with E-state index < -0.39 is 11.6 Å². The Hall–Kier alpha value is -1.46. The first-order valence-electron chi connectivity index (χ1n) is 5.09. The van der Waals surface area contributed by atoms with Crippen LogP contribution in [-0.2, 0) is 0 Å². The summed E-state index contributed by atoms with van der Waals surface area (Å²) in [5.74, 6) is 0.354. The maximum atomic E-state index is 13.7. The molecule has 1 aromatic carbocycles. The lowest BCUT2D eigenvalue weighted by Gasteiger charge is -2.29. The van der Waals surface area contributed by atoms with Crippen molar-refractivity contribution < 1.29 is 8.78 Å². The first-order chi connectivity index (χ1) is 8.22. The minimum atomic E-state index is -0.681. The number of nitrogens with zero attached hydrogens (tertiary/aromatic N) is 4. The third-order valence-corrected chi connectivity index (χ3v) is 3.43. The van der Waals surface area contributed by atoms with E-state index >= 15 is 0 Å². The SMILES string of the molecule is [N-]=[N+]=Nc1cc(F)c(N2CCSCC2)c(F)c1. The monoisotopic (exact) mass is 256 g/mol. The molecule has 1 saturated heterocycles. The Labute approximate surface area is 101 Å². The molecule has 0 aliphatic carbocycles. The van der Waals surface area contributed by atoms with Gasteiger partial charge in [0, 0.05) is 35.2 Å². The van der Waals surface area contributed by atoms with Gasteiger partial charge in [-0.05, 0) is 17.7 Å². The van der Waals surface area contributed by atoms with E-state index in [0.717, 1.165) is 23.6 Å². The van der Waals surface area contributed by atoms with Gasteiger partial charge >= 0.3 is 0 Å². The summed E-state index contributed by atoms with van der Waals surface area (Å²) >= 11 is 1.76. The van der Waals surface area contributed by atoms with Crippen molar-refractivity contribution in [3.63, 3.8) is 0 Å². The molecule has 4 nitrogen and oxygen atoms in total. The third kappa shape index (κ3) is 2.62. The van der Waals surface area contributed by atoms with Crippen molar-refractivity contribution in [2.24, 2.45) is 5.11 Å². The molecule has 90 valence electrons. The van der Waals surface area contributed by atoms with Crippen LogP contribution in [0.1, 0.15) is 0 Å². The second kappa shape index (κ2) is 5.25. The molecule has 0 amide bonds. The lowest BCUT2D eigenvalue weighted by atomic mass is 10.2. The van der Waals surface area contributed by atoms with E-state index in [4.69, 9.17) is 5.53 Å². The highest BCUT2D eigenvalue weighted by atomic mass is 32.2. The molecular formula is C10H10F2N4S. The zero-order valence-corrected chi connectivity index (χ0v) is 9.75. The first kappa shape index (κ1) is 12.0. The van der Waals surface area contributed by atoms with Crippen LogP contribution in [0.4, 0.5) is 20.2 Å². The van der Waals surface area contributed by atoms with Gasteiger partial charge in [0.1, 0.15) is 17.3 Å². The van der Waals surface area contributed by atoms with Crippen molar-refractivity contribution in [1.29, 1.82) is 0 Å². The predicted octanol–water partition coefficient (Wildman–Crippen LogP) is 3.46. The molecule has 1 heterocycles. The number of hydrogen-bond donors (Lipinski definition) is 0. The number of azide groups is 1. The molecule has 0 aromatic heterocycles. The van der Waals surface area contributed by atoms with Crippen molar-refractivity contribution in [1.82, 2.24) is 0 Å². The quantitative estimate of drug-likeness (QED) is 0.462. The van der Waals surface area contributed by atoms with Crippen molar-refractivity contribution in [3.8, 4) is 0 Å². The van der Waals surface area contributed by atoms with Gasteiger partial charge in [0.15, 0.2) is 0 Å². The Morgan fingerprint density at radius 1 is 1.24 bits per heavy atom. The summed E-state index contributed by atoms with van der Waals surface area (Å²) in [4.78, 5) is 4.19. The average molecular weight is 256 g/mol.